The Morgan fingerprint density at radius 2 is 1.67 bits per heavy atom. The molecule has 0 unspecified atom stereocenters. The SMILES string of the molecule is CC(=O)Nc1c(C)cn(-c2ccccc2)c1-c1cc(S(C)(=O)=O)ccc1C. The van der Waals surface area contributed by atoms with Crippen LogP contribution in [0, 0.1) is 13.8 Å². The number of para-hydroxylation sites is 1. The lowest BCUT2D eigenvalue weighted by atomic mass is 10.0. The average molecular weight is 382 g/mol. The molecule has 0 saturated heterocycles. The molecule has 0 bridgehead atoms. The van der Waals surface area contributed by atoms with Gasteiger partial charge in [-0.1, -0.05) is 24.3 Å². The lowest BCUT2D eigenvalue weighted by Crippen LogP contribution is -2.08. The van der Waals surface area contributed by atoms with E-state index in [4.69, 9.17) is 0 Å². The summed E-state index contributed by atoms with van der Waals surface area (Å²) in [5.74, 6) is -0.179. The molecule has 0 atom stereocenters. The van der Waals surface area contributed by atoms with Crippen LogP contribution in [0.15, 0.2) is 59.6 Å². The third kappa shape index (κ3) is 3.80. The fraction of sp³-hybridized carbons (Fsp3) is 0.190. The number of anilines is 1. The highest BCUT2D eigenvalue weighted by Crippen LogP contribution is 2.37. The highest BCUT2D eigenvalue weighted by atomic mass is 32.2. The topological polar surface area (TPSA) is 68.2 Å². The van der Waals surface area contributed by atoms with Gasteiger partial charge in [-0.2, -0.15) is 0 Å². The minimum Gasteiger partial charge on any atom is -0.324 e. The molecule has 1 heterocycles. The van der Waals surface area contributed by atoms with Crippen LogP contribution in [0.25, 0.3) is 16.9 Å². The van der Waals surface area contributed by atoms with Crippen LogP contribution in [-0.2, 0) is 14.6 Å². The van der Waals surface area contributed by atoms with Crippen LogP contribution in [0.5, 0.6) is 0 Å². The summed E-state index contributed by atoms with van der Waals surface area (Å²) in [5, 5.41) is 2.91. The Labute approximate surface area is 159 Å². The number of sulfone groups is 1. The standard InChI is InChI=1S/C21H22N2O3S/c1-14-10-11-18(27(4,25)26)12-19(14)21-20(22-16(3)24)15(2)13-23(21)17-8-6-5-7-9-17/h5-13H,1-4H3,(H,22,24). The summed E-state index contributed by atoms with van der Waals surface area (Å²) in [6.45, 7) is 5.31. The molecule has 1 N–H and O–H groups in total. The molecule has 0 aliphatic heterocycles. The molecule has 0 aliphatic rings. The first kappa shape index (κ1) is 18.9. The van der Waals surface area contributed by atoms with Gasteiger partial charge in [-0.15, -0.1) is 0 Å². The van der Waals surface area contributed by atoms with Gasteiger partial charge in [0.25, 0.3) is 0 Å². The van der Waals surface area contributed by atoms with Gasteiger partial charge in [0, 0.05) is 30.6 Å². The molecule has 1 aromatic heterocycles. The molecule has 3 rings (SSSR count). The number of benzene rings is 2. The largest absolute Gasteiger partial charge is 0.324 e. The first-order valence-corrected chi connectivity index (χ1v) is 10.4. The van der Waals surface area contributed by atoms with Crippen molar-refractivity contribution in [1.29, 1.82) is 0 Å². The van der Waals surface area contributed by atoms with Gasteiger partial charge in [-0.25, -0.2) is 8.42 Å². The van der Waals surface area contributed by atoms with Gasteiger partial charge in [0.05, 0.1) is 16.3 Å². The number of hydrogen-bond donors (Lipinski definition) is 1. The number of nitrogens with zero attached hydrogens (tertiary/aromatic N) is 1. The van der Waals surface area contributed by atoms with E-state index in [1.807, 2.05) is 54.9 Å². The third-order valence-corrected chi connectivity index (χ3v) is 5.53. The van der Waals surface area contributed by atoms with Gasteiger partial charge in [0.2, 0.25) is 5.91 Å². The summed E-state index contributed by atoms with van der Waals surface area (Å²) in [6, 6.07) is 14.8. The van der Waals surface area contributed by atoms with Crippen molar-refractivity contribution in [1.82, 2.24) is 4.57 Å². The van der Waals surface area contributed by atoms with Crippen molar-refractivity contribution in [3.05, 3.63) is 65.9 Å². The summed E-state index contributed by atoms with van der Waals surface area (Å²) in [7, 11) is -3.35. The van der Waals surface area contributed by atoms with E-state index in [1.54, 1.807) is 18.2 Å². The van der Waals surface area contributed by atoms with E-state index in [0.717, 1.165) is 28.1 Å². The molecule has 0 aliphatic carbocycles. The third-order valence-electron chi connectivity index (χ3n) is 4.42. The van der Waals surface area contributed by atoms with Crippen molar-refractivity contribution < 1.29 is 13.2 Å². The number of aryl methyl sites for hydroxylation is 2. The maximum absolute atomic E-state index is 12.1. The van der Waals surface area contributed by atoms with Crippen LogP contribution in [0.1, 0.15) is 18.1 Å². The second kappa shape index (κ2) is 7.04. The van der Waals surface area contributed by atoms with E-state index in [2.05, 4.69) is 5.32 Å². The fourth-order valence-electron chi connectivity index (χ4n) is 3.11. The Kier molecular flexibility index (Phi) is 4.93. The molecule has 1 amide bonds. The van der Waals surface area contributed by atoms with Crippen LogP contribution < -0.4 is 5.32 Å². The van der Waals surface area contributed by atoms with Crippen LogP contribution >= 0.6 is 0 Å². The van der Waals surface area contributed by atoms with Crippen LogP contribution in [0.4, 0.5) is 5.69 Å². The predicted octanol–water partition coefficient (Wildman–Crippen LogP) is 4.12. The molecule has 140 valence electrons. The number of nitrogens with one attached hydrogen (secondary N) is 1. The lowest BCUT2D eigenvalue weighted by molar-refractivity contribution is -0.114. The molecule has 2 aromatic carbocycles. The normalized spacial score (nSPS) is 11.4. The quantitative estimate of drug-likeness (QED) is 0.738. The van der Waals surface area contributed by atoms with Crippen molar-refractivity contribution in [2.75, 3.05) is 11.6 Å². The number of aromatic nitrogens is 1. The molecular weight excluding hydrogens is 360 g/mol. The summed E-state index contributed by atoms with van der Waals surface area (Å²) < 4.78 is 26.1. The predicted molar refractivity (Wildman–Crippen MR) is 108 cm³/mol. The highest BCUT2D eigenvalue weighted by Gasteiger charge is 2.20. The summed E-state index contributed by atoms with van der Waals surface area (Å²) in [6.07, 6.45) is 3.14. The number of rotatable bonds is 4. The Bertz CT molecular complexity index is 1110. The maximum Gasteiger partial charge on any atom is 0.221 e. The van der Waals surface area contributed by atoms with E-state index in [-0.39, 0.29) is 10.8 Å². The number of hydrogen-bond acceptors (Lipinski definition) is 3. The zero-order chi connectivity index (χ0) is 19.8. The molecule has 0 saturated carbocycles. The second-order valence-corrected chi connectivity index (χ2v) is 8.69. The van der Waals surface area contributed by atoms with Crippen molar-refractivity contribution in [3.8, 4) is 16.9 Å². The first-order chi connectivity index (χ1) is 12.7. The zero-order valence-corrected chi connectivity index (χ0v) is 16.6. The smallest absolute Gasteiger partial charge is 0.221 e. The Morgan fingerprint density at radius 1 is 1.00 bits per heavy atom. The summed E-state index contributed by atoms with van der Waals surface area (Å²) in [4.78, 5) is 12.0. The number of carbonyl (C=O) groups is 1. The van der Waals surface area contributed by atoms with Crippen LogP contribution in [0.2, 0.25) is 0 Å². The van der Waals surface area contributed by atoms with Gasteiger partial charge in [0.15, 0.2) is 9.84 Å². The molecule has 27 heavy (non-hydrogen) atoms. The van der Waals surface area contributed by atoms with E-state index in [9.17, 15) is 13.2 Å². The van der Waals surface area contributed by atoms with Gasteiger partial charge in [-0.05, 0) is 49.2 Å². The van der Waals surface area contributed by atoms with E-state index in [1.165, 1.54) is 13.2 Å². The maximum atomic E-state index is 12.1. The molecule has 5 nitrogen and oxygen atoms in total. The molecule has 0 fully saturated rings. The Morgan fingerprint density at radius 3 is 2.26 bits per heavy atom. The summed E-state index contributed by atoms with van der Waals surface area (Å²) in [5.41, 5.74) is 4.95. The number of amides is 1. The average Bonchev–Trinajstić information content (AvgIpc) is 2.91. The lowest BCUT2D eigenvalue weighted by Gasteiger charge is -2.15. The molecule has 0 spiro atoms. The Balaban J connectivity index is 2.36. The highest BCUT2D eigenvalue weighted by molar-refractivity contribution is 7.90. The zero-order valence-electron chi connectivity index (χ0n) is 15.8. The van der Waals surface area contributed by atoms with Crippen molar-refractivity contribution in [2.45, 2.75) is 25.7 Å². The molecule has 6 heteroatoms. The van der Waals surface area contributed by atoms with Gasteiger partial charge >= 0.3 is 0 Å². The minimum atomic E-state index is -3.35. The molecule has 0 radical (unpaired) electrons. The van der Waals surface area contributed by atoms with Crippen molar-refractivity contribution in [3.63, 3.8) is 0 Å². The Hall–Kier alpha value is -2.86. The second-order valence-electron chi connectivity index (χ2n) is 6.67. The monoisotopic (exact) mass is 382 g/mol. The molecule has 3 aromatic rings. The van der Waals surface area contributed by atoms with Crippen molar-refractivity contribution in [2.24, 2.45) is 0 Å². The van der Waals surface area contributed by atoms with Gasteiger partial charge in [-0.3, -0.25) is 4.79 Å². The van der Waals surface area contributed by atoms with E-state index in [0.29, 0.717) is 5.69 Å². The van der Waals surface area contributed by atoms with Gasteiger partial charge in [0.1, 0.15) is 0 Å². The number of carbonyl (C=O) groups excluding carboxylic acids is 1. The molecular formula is C21H22N2O3S. The fourth-order valence-corrected chi connectivity index (χ4v) is 3.75. The van der Waals surface area contributed by atoms with Gasteiger partial charge < -0.3 is 9.88 Å². The van der Waals surface area contributed by atoms with E-state index >= 15 is 0 Å². The summed E-state index contributed by atoms with van der Waals surface area (Å²) >= 11 is 0. The van der Waals surface area contributed by atoms with Crippen molar-refractivity contribution >= 4 is 21.4 Å². The minimum absolute atomic E-state index is 0.179. The van der Waals surface area contributed by atoms with E-state index < -0.39 is 9.84 Å². The first-order valence-electron chi connectivity index (χ1n) is 8.54. The van der Waals surface area contributed by atoms with Crippen LogP contribution in [0.3, 0.4) is 0 Å². The van der Waals surface area contributed by atoms with Crippen LogP contribution in [-0.4, -0.2) is 25.1 Å².